The Bertz CT molecular complexity index is 381. The van der Waals surface area contributed by atoms with Crippen molar-refractivity contribution in [3.63, 3.8) is 0 Å². The van der Waals surface area contributed by atoms with E-state index in [2.05, 4.69) is 9.98 Å². The zero-order chi connectivity index (χ0) is 9.31. The first-order valence-electron chi connectivity index (χ1n) is 3.98. The van der Waals surface area contributed by atoms with E-state index in [0.29, 0.717) is 5.69 Å². The van der Waals surface area contributed by atoms with Gasteiger partial charge in [0, 0.05) is 6.20 Å². The molecule has 0 unspecified atom stereocenters. The number of hydrogen-bond donors (Lipinski definition) is 0. The molecular weight excluding hydrogens is 171 g/mol. The fourth-order valence-electron chi connectivity index (χ4n) is 1.29. The lowest BCUT2D eigenvalue weighted by molar-refractivity contribution is 0.553. The van der Waals surface area contributed by atoms with Crippen LogP contribution in [-0.4, -0.2) is 11.1 Å². The molecule has 2 rings (SSSR count). The quantitative estimate of drug-likeness (QED) is 0.509. The highest BCUT2D eigenvalue weighted by Crippen LogP contribution is 2.48. The molecule has 0 bridgehead atoms. The lowest BCUT2D eigenvalue weighted by Crippen LogP contribution is -2.05. The first kappa shape index (κ1) is 8.08. The minimum absolute atomic E-state index is 0.350. The molecule has 1 aliphatic rings. The second-order valence-electron chi connectivity index (χ2n) is 3.09. The van der Waals surface area contributed by atoms with Crippen LogP contribution in [0, 0.1) is 5.82 Å². The third-order valence-corrected chi connectivity index (χ3v) is 2.18. The van der Waals surface area contributed by atoms with Crippen LogP contribution in [0.25, 0.3) is 0 Å². The van der Waals surface area contributed by atoms with Crippen LogP contribution in [0.5, 0.6) is 0 Å². The summed E-state index contributed by atoms with van der Waals surface area (Å²) < 4.78 is 12.8. The SMILES string of the molecule is O=C=NC1(c2cc(F)ccn2)CC1. The number of halogens is 1. The van der Waals surface area contributed by atoms with Crippen molar-refractivity contribution >= 4 is 6.08 Å². The zero-order valence-corrected chi connectivity index (χ0v) is 6.83. The maximum absolute atomic E-state index is 12.8. The van der Waals surface area contributed by atoms with Crippen molar-refractivity contribution in [2.75, 3.05) is 0 Å². The lowest BCUT2D eigenvalue weighted by Gasteiger charge is -2.05. The normalized spacial score (nSPS) is 17.6. The summed E-state index contributed by atoms with van der Waals surface area (Å²) in [5.74, 6) is -0.350. The van der Waals surface area contributed by atoms with Gasteiger partial charge in [0.2, 0.25) is 6.08 Å². The summed E-state index contributed by atoms with van der Waals surface area (Å²) >= 11 is 0. The van der Waals surface area contributed by atoms with Crippen LogP contribution in [0.1, 0.15) is 18.5 Å². The van der Waals surface area contributed by atoms with Gasteiger partial charge >= 0.3 is 0 Å². The van der Waals surface area contributed by atoms with E-state index in [1.54, 1.807) is 0 Å². The maximum atomic E-state index is 12.8. The van der Waals surface area contributed by atoms with E-state index in [1.807, 2.05) is 0 Å². The first-order valence-corrected chi connectivity index (χ1v) is 3.98. The molecule has 0 saturated heterocycles. The Morgan fingerprint density at radius 2 is 2.38 bits per heavy atom. The fourth-order valence-corrected chi connectivity index (χ4v) is 1.29. The molecule has 0 radical (unpaired) electrons. The van der Waals surface area contributed by atoms with Gasteiger partial charge in [-0.25, -0.2) is 9.18 Å². The molecule has 3 nitrogen and oxygen atoms in total. The lowest BCUT2D eigenvalue weighted by atomic mass is 10.2. The van der Waals surface area contributed by atoms with Crippen LogP contribution >= 0.6 is 0 Å². The third-order valence-electron chi connectivity index (χ3n) is 2.18. The van der Waals surface area contributed by atoms with Gasteiger partial charge in [0.15, 0.2) is 0 Å². The Labute approximate surface area is 74.3 Å². The summed E-state index contributed by atoms with van der Waals surface area (Å²) in [6.45, 7) is 0. The van der Waals surface area contributed by atoms with Gasteiger partial charge < -0.3 is 0 Å². The Morgan fingerprint density at radius 3 is 2.92 bits per heavy atom. The molecule has 66 valence electrons. The van der Waals surface area contributed by atoms with Crippen molar-refractivity contribution in [3.8, 4) is 0 Å². The van der Waals surface area contributed by atoms with E-state index in [4.69, 9.17) is 0 Å². The van der Waals surface area contributed by atoms with Crippen molar-refractivity contribution in [1.29, 1.82) is 0 Å². The number of aliphatic imine (C=N–C) groups is 1. The van der Waals surface area contributed by atoms with Gasteiger partial charge in [0.25, 0.3) is 0 Å². The Kier molecular flexibility index (Phi) is 1.71. The topological polar surface area (TPSA) is 42.3 Å². The summed E-state index contributed by atoms with van der Waals surface area (Å²) in [6, 6.07) is 2.58. The highest BCUT2D eigenvalue weighted by Gasteiger charge is 2.46. The first-order chi connectivity index (χ1) is 6.27. The van der Waals surface area contributed by atoms with Crippen LogP contribution in [-0.2, 0) is 10.3 Å². The monoisotopic (exact) mass is 178 g/mol. The van der Waals surface area contributed by atoms with Gasteiger partial charge in [-0.15, -0.1) is 0 Å². The second kappa shape index (κ2) is 2.75. The molecule has 1 aromatic heterocycles. The van der Waals surface area contributed by atoms with Gasteiger partial charge in [-0.3, -0.25) is 4.98 Å². The average Bonchev–Trinajstić information content (AvgIpc) is 2.86. The van der Waals surface area contributed by atoms with Crippen molar-refractivity contribution in [3.05, 3.63) is 29.8 Å². The fraction of sp³-hybridized carbons (Fsp3) is 0.333. The summed E-state index contributed by atoms with van der Waals surface area (Å²) in [5, 5.41) is 0. The van der Waals surface area contributed by atoms with Gasteiger partial charge in [-0.05, 0) is 25.0 Å². The molecule has 0 spiro atoms. The van der Waals surface area contributed by atoms with E-state index in [0.717, 1.165) is 12.8 Å². The molecule has 1 heterocycles. The summed E-state index contributed by atoms with van der Waals surface area (Å²) in [4.78, 5) is 17.7. The highest BCUT2D eigenvalue weighted by atomic mass is 19.1. The third kappa shape index (κ3) is 1.36. The Balaban J connectivity index is 2.40. The average molecular weight is 178 g/mol. The number of hydrogen-bond acceptors (Lipinski definition) is 3. The number of nitrogens with zero attached hydrogens (tertiary/aromatic N) is 2. The van der Waals surface area contributed by atoms with Gasteiger partial charge in [0.05, 0.1) is 5.69 Å². The van der Waals surface area contributed by atoms with Crippen molar-refractivity contribution in [2.45, 2.75) is 18.4 Å². The van der Waals surface area contributed by atoms with Crippen molar-refractivity contribution < 1.29 is 9.18 Å². The molecule has 0 atom stereocenters. The molecule has 0 aromatic carbocycles. The molecule has 4 heteroatoms. The largest absolute Gasteiger partial charge is 0.258 e. The summed E-state index contributed by atoms with van der Waals surface area (Å²) in [5.41, 5.74) is -0.0417. The van der Waals surface area contributed by atoms with Crippen molar-refractivity contribution in [1.82, 2.24) is 4.98 Å². The number of pyridine rings is 1. The molecule has 1 fully saturated rings. The molecule has 0 aliphatic heterocycles. The minimum Gasteiger partial charge on any atom is -0.258 e. The van der Waals surface area contributed by atoms with Crippen molar-refractivity contribution in [2.24, 2.45) is 4.99 Å². The molecule has 1 saturated carbocycles. The molecule has 1 aliphatic carbocycles. The Hall–Kier alpha value is -1.54. The highest BCUT2D eigenvalue weighted by molar-refractivity contribution is 5.39. The van der Waals surface area contributed by atoms with E-state index in [-0.39, 0.29) is 5.82 Å². The maximum Gasteiger partial charge on any atom is 0.235 e. The molecule has 0 amide bonds. The standard InChI is InChI=1S/C9H7FN2O/c10-7-1-4-11-8(5-7)9(2-3-9)12-6-13/h1,4-5H,2-3H2. The van der Waals surface area contributed by atoms with E-state index >= 15 is 0 Å². The minimum atomic E-state index is -0.566. The second-order valence-corrected chi connectivity index (χ2v) is 3.09. The number of rotatable bonds is 2. The van der Waals surface area contributed by atoms with Gasteiger partial charge in [-0.1, -0.05) is 0 Å². The summed E-state index contributed by atoms with van der Waals surface area (Å²) in [6.07, 6.45) is 4.38. The smallest absolute Gasteiger partial charge is 0.235 e. The van der Waals surface area contributed by atoms with Crippen LogP contribution in [0.4, 0.5) is 4.39 Å². The molecule has 1 aromatic rings. The number of isocyanates is 1. The molecule has 0 N–H and O–H groups in total. The Morgan fingerprint density at radius 1 is 1.62 bits per heavy atom. The van der Waals surface area contributed by atoms with E-state index in [1.165, 1.54) is 24.4 Å². The van der Waals surface area contributed by atoms with Crippen LogP contribution in [0.2, 0.25) is 0 Å². The number of carbonyl (C=O) groups excluding carboxylic acids is 1. The molecule has 13 heavy (non-hydrogen) atoms. The van der Waals surface area contributed by atoms with Crippen LogP contribution in [0.3, 0.4) is 0 Å². The van der Waals surface area contributed by atoms with Crippen LogP contribution < -0.4 is 0 Å². The van der Waals surface area contributed by atoms with E-state index in [9.17, 15) is 9.18 Å². The van der Waals surface area contributed by atoms with Crippen LogP contribution in [0.15, 0.2) is 23.3 Å². The van der Waals surface area contributed by atoms with Gasteiger partial charge in [-0.2, -0.15) is 4.99 Å². The summed E-state index contributed by atoms with van der Waals surface area (Å²) in [7, 11) is 0. The predicted molar refractivity (Wildman–Crippen MR) is 43.2 cm³/mol. The number of aromatic nitrogens is 1. The molecular formula is C9H7FN2O. The zero-order valence-electron chi connectivity index (χ0n) is 6.83. The predicted octanol–water partition coefficient (Wildman–Crippen LogP) is 1.55. The van der Waals surface area contributed by atoms with E-state index < -0.39 is 5.54 Å². The van der Waals surface area contributed by atoms with Gasteiger partial charge in [0.1, 0.15) is 11.4 Å².